The number of anilines is 1. The van der Waals surface area contributed by atoms with E-state index in [0.717, 1.165) is 27.9 Å². The number of rotatable bonds is 9. The number of hydrogen-bond donors (Lipinski definition) is 1. The Balaban J connectivity index is 1.18. The van der Waals surface area contributed by atoms with Crippen LogP contribution in [0.15, 0.2) is 78.0 Å². The molecule has 0 spiro atoms. The molecule has 1 fully saturated rings. The summed E-state index contributed by atoms with van der Waals surface area (Å²) in [5.74, 6) is 0.854. The van der Waals surface area contributed by atoms with E-state index in [4.69, 9.17) is 0 Å². The van der Waals surface area contributed by atoms with Crippen LogP contribution >= 0.6 is 11.8 Å². The number of aryl methyl sites for hydroxylation is 1. The number of amides is 1. The number of nitrogens with zero attached hydrogens (tertiary/aromatic N) is 5. The molecule has 42 heavy (non-hydrogen) atoms. The molecule has 218 valence electrons. The van der Waals surface area contributed by atoms with Gasteiger partial charge in [-0.2, -0.15) is 0 Å². The van der Waals surface area contributed by atoms with Crippen molar-refractivity contribution < 1.29 is 22.7 Å². The molecule has 8 nitrogen and oxygen atoms in total. The highest BCUT2D eigenvalue weighted by atomic mass is 32.2. The van der Waals surface area contributed by atoms with E-state index in [1.807, 2.05) is 43.3 Å². The number of halogens is 3. The van der Waals surface area contributed by atoms with Crippen LogP contribution in [0.3, 0.4) is 0 Å². The fourth-order valence-corrected chi connectivity index (χ4v) is 5.34. The summed E-state index contributed by atoms with van der Waals surface area (Å²) in [4.78, 5) is 23.5. The first-order chi connectivity index (χ1) is 20.1. The summed E-state index contributed by atoms with van der Waals surface area (Å²) < 4.78 is 42.6. The number of nitrogens with one attached hydrogen (secondary N) is 1. The summed E-state index contributed by atoms with van der Waals surface area (Å²) in [6.45, 7) is 7.22. The normalized spacial score (nSPS) is 14.8. The van der Waals surface area contributed by atoms with Gasteiger partial charge in [-0.3, -0.25) is 15.0 Å². The quantitative estimate of drug-likeness (QED) is 0.224. The zero-order valence-electron chi connectivity index (χ0n) is 23.2. The molecule has 0 radical (unpaired) electrons. The van der Waals surface area contributed by atoms with Crippen LogP contribution in [-0.4, -0.2) is 44.6 Å². The van der Waals surface area contributed by atoms with E-state index in [1.54, 1.807) is 4.90 Å². The number of aliphatic imine (C=N–C) groups is 1. The van der Waals surface area contributed by atoms with E-state index >= 15 is 0 Å². The highest BCUT2D eigenvalue weighted by Crippen LogP contribution is 2.34. The summed E-state index contributed by atoms with van der Waals surface area (Å²) in [6.07, 6.45) is -3.24. The third-order valence-electron chi connectivity index (χ3n) is 6.51. The van der Waals surface area contributed by atoms with Crippen molar-refractivity contribution in [1.82, 2.24) is 20.1 Å². The molecule has 1 N–H and O–H groups in total. The highest BCUT2D eigenvalue weighted by molar-refractivity contribution is 8.15. The lowest BCUT2D eigenvalue weighted by Crippen LogP contribution is -2.31. The lowest BCUT2D eigenvalue weighted by molar-refractivity contribution is -0.274. The fourth-order valence-electron chi connectivity index (χ4n) is 4.47. The largest absolute Gasteiger partial charge is 0.573 e. The summed E-state index contributed by atoms with van der Waals surface area (Å²) >= 11 is 1.45. The fraction of sp³-hybridized carbons (Fsp3) is 0.267. The minimum atomic E-state index is -4.74. The molecular weight excluding hydrogens is 565 g/mol. The van der Waals surface area contributed by atoms with Gasteiger partial charge in [-0.05, 0) is 54.3 Å². The van der Waals surface area contributed by atoms with Gasteiger partial charge >= 0.3 is 6.36 Å². The van der Waals surface area contributed by atoms with Crippen LogP contribution in [-0.2, 0) is 11.3 Å². The van der Waals surface area contributed by atoms with Crippen LogP contribution < -0.4 is 15.0 Å². The van der Waals surface area contributed by atoms with E-state index in [2.05, 4.69) is 45.0 Å². The monoisotopic (exact) mass is 594 g/mol. The predicted molar refractivity (Wildman–Crippen MR) is 158 cm³/mol. The van der Waals surface area contributed by atoms with Crippen molar-refractivity contribution in [3.63, 3.8) is 0 Å². The van der Waals surface area contributed by atoms with Gasteiger partial charge in [0, 0.05) is 12.1 Å². The summed E-state index contributed by atoms with van der Waals surface area (Å²) in [5.41, 5.74) is 5.55. The van der Waals surface area contributed by atoms with Gasteiger partial charge in [0.15, 0.2) is 11.0 Å². The van der Waals surface area contributed by atoms with Gasteiger partial charge in [-0.25, -0.2) is 14.7 Å². The number of alkyl halides is 3. The molecule has 1 aliphatic heterocycles. The second kappa shape index (κ2) is 12.4. The number of carbonyl (C=O) groups is 1. The zero-order chi connectivity index (χ0) is 29.9. The second-order valence-corrected chi connectivity index (χ2v) is 11.0. The molecule has 1 saturated heterocycles. The van der Waals surface area contributed by atoms with E-state index in [1.165, 1.54) is 47.0 Å². The third-order valence-corrected chi connectivity index (χ3v) is 7.47. The number of ether oxygens (including phenoxy) is 1. The van der Waals surface area contributed by atoms with Crippen molar-refractivity contribution in [2.24, 2.45) is 4.99 Å². The lowest BCUT2D eigenvalue weighted by atomic mass is 9.98. The molecule has 1 aliphatic rings. The number of carbonyl (C=O) groups excluding carboxylic acids is 1. The first kappa shape index (κ1) is 29.3. The topological polar surface area (TPSA) is 84.6 Å². The van der Waals surface area contributed by atoms with Crippen molar-refractivity contribution >= 4 is 28.5 Å². The highest BCUT2D eigenvalue weighted by Gasteiger charge is 2.32. The Morgan fingerprint density at radius 3 is 2.50 bits per heavy atom. The van der Waals surface area contributed by atoms with Crippen molar-refractivity contribution in [2.75, 3.05) is 17.3 Å². The van der Waals surface area contributed by atoms with Crippen LogP contribution in [0.25, 0.3) is 17.1 Å². The molecule has 12 heteroatoms. The number of thioether (sulfide) groups is 1. The standard InChI is InChI=1S/C30H29F3N6O2S/c1-19(2)25-14-20(3)4-13-26(25)39-27(40)16-42-29(39)35-17-34-15-21-5-7-22(8-6-21)28-36-18-38(37-28)23-9-11-24(12-10-23)41-30(31,32)33/h4-14,18-19,34H,15-17H2,1-3H3. The Hall–Kier alpha value is -4.16. The Morgan fingerprint density at radius 2 is 1.81 bits per heavy atom. The van der Waals surface area contributed by atoms with Crippen molar-refractivity contribution in [3.8, 4) is 22.8 Å². The van der Waals surface area contributed by atoms with Crippen LogP contribution in [0.2, 0.25) is 0 Å². The first-order valence-corrected chi connectivity index (χ1v) is 14.2. The Bertz CT molecular complexity index is 1580. The summed E-state index contributed by atoms with van der Waals surface area (Å²) in [6, 6.07) is 19.3. The van der Waals surface area contributed by atoms with Gasteiger partial charge in [0.25, 0.3) is 0 Å². The minimum Gasteiger partial charge on any atom is -0.406 e. The smallest absolute Gasteiger partial charge is 0.406 e. The molecule has 2 heterocycles. The summed E-state index contributed by atoms with van der Waals surface area (Å²) in [7, 11) is 0. The third kappa shape index (κ3) is 7.00. The predicted octanol–water partition coefficient (Wildman–Crippen LogP) is 6.45. The van der Waals surface area contributed by atoms with Crippen molar-refractivity contribution in [3.05, 3.63) is 89.7 Å². The maximum absolute atomic E-state index is 12.7. The van der Waals surface area contributed by atoms with Gasteiger partial charge in [0.05, 0.1) is 23.8 Å². The lowest BCUT2D eigenvalue weighted by Gasteiger charge is -2.22. The van der Waals surface area contributed by atoms with Crippen molar-refractivity contribution in [2.45, 2.75) is 39.6 Å². The number of benzene rings is 3. The molecule has 1 amide bonds. The van der Waals surface area contributed by atoms with E-state index in [0.29, 0.717) is 35.6 Å². The van der Waals surface area contributed by atoms with E-state index < -0.39 is 6.36 Å². The second-order valence-electron chi connectivity index (χ2n) is 10.0. The van der Waals surface area contributed by atoms with Gasteiger partial charge in [-0.1, -0.05) is 67.6 Å². The van der Waals surface area contributed by atoms with Gasteiger partial charge < -0.3 is 4.74 Å². The average molecular weight is 595 g/mol. The van der Waals surface area contributed by atoms with Gasteiger partial charge in [0.2, 0.25) is 5.91 Å². The van der Waals surface area contributed by atoms with Crippen LogP contribution in [0.4, 0.5) is 18.9 Å². The molecule has 0 bridgehead atoms. The van der Waals surface area contributed by atoms with Gasteiger partial charge in [-0.15, -0.1) is 18.3 Å². The maximum Gasteiger partial charge on any atom is 0.573 e. The molecule has 0 aliphatic carbocycles. The Morgan fingerprint density at radius 1 is 1.07 bits per heavy atom. The Kier molecular flexibility index (Phi) is 8.64. The summed E-state index contributed by atoms with van der Waals surface area (Å²) in [5, 5.41) is 8.44. The minimum absolute atomic E-state index is 0.0311. The van der Waals surface area contributed by atoms with E-state index in [-0.39, 0.29) is 17.6 Å². The number of aromatic nitrogens is 3. The van der Waals surface area contributed by atoms with Crippen molar-refractivity contribution in [1.29, 1.82) is 0 Å². The number of amidine groups is 1. The molecule has 4 aromatic rings. The molecule has 0 saturated carbocycles. The molecule has 0 unspecified atom stereocenters. The van der Waals surface area contributed by atoms with Crippen LogP contribution in [0, 0.1) is 6.92 Å². The Labute approximate surface area is 245 Å². The zero-order valence-corrected chi connectivity index (χ0v) is 24.0. The van der Waals surface area contributed by atoms with E-state index in [9.17, 15) is 18.0 Å². The van der Waals surface area contributed by atoms with Crippen LogP contribution in [0.1, 0.15) is 36.5 Å². The molecule has 5 rings (SSSR count). The SMILES string of the molecule is Cc1ccc(N2C(=O)CSC2=NCNCc2ccc(-c3ncn(-c4ccc(OC(F)(F)F)cc4)n3)cc2)c(C(C)C)c1. The van der Waals surface area contributed by atoms with Gasteiger partial charge in [0.1, 0.15) is 12.1 Å². The first-order valence-electron chi connectivity index (χ1n) is 13.3. The molecular formula is C30H29F3N6O2S. The average Bonchev–Trinajstić information content (AvgIpc) is 3.58. The van der Waals surface area contributed by atoms with Crippen LogP contribution in [0.5, 0.6) is 5.75 Å². The molecule has 1 aromatic heterocycles. The maximum atomic E-state index is 12.7. The number of hydrogen-bond acceptors (Lipinski definition) is 7. The molecule has 0 atom stereocenters. The molecule has 3 aromatic carbocycles.